The lowest BCUT2D eigenvalue weighted by Gasteiger charge is -2.28. The average molecular weight is 734 g/mol. The van der Waals surface area contributed by atoms with Crippen LogP contribution in [0, 0.1) is 55.4 Å². The smallest absolute Gasteiger partial charge is 0.231 e. The van der Waals surface area contributed by atoms with Gasteiger partial charge in [0.05, 0.1) is 0 Å². The molecule has 7 heteroatoms. The summed E-state index contributed by atoms with van der Waals surface area (Å²) in [6.45, 7) is 17.9. The molecular formula is C46H44BO4P2. The van der Waals surface area contributed by atoms with Gasteiger partial charge in [0.2, 0.25) is 13.6 Å². The van der Waals surface area contributed by atoms with Crippen molar-refractivity contribution in [2.24, 2.45) is 0 Å². The van der Waals surface area contributed by atoms with Gasteiger partial charge in [0, 0.05) is 19.5 Å². The van der Waals surface area contributed by atoms with Crippen LogP contribution in [0.4, 0.5) is 0 Å². The van der Waals surface area contributed by atoms with E-state index in [1.54, 1.807) is 0 Å². The van der Waals surface area contributed by atoms with Gasteiger partial charge in [-0.25, -0.2) is 0 Å². The Balaban J connectivity index is 0.00000435. The summed E-state index contributed by atoms with van der Waals surface area (Å²) >= 11 is 0. The molecule has 6 aromatic rings. The molecule has 0 saturated carbocycles. The van der Waals surface area contributed by atoms with Crippen molar-refractivity contribution in [3.63, 3.8) is 0 Å². The van der Waals surface area contributed by atoms with Crippen LogP contribution in [0.15, 0.2) is 97.1 Å². The second-order valence-corrected chi connectivity index (χ2v) is 18.8. The molecule has 6 aromatic carbocycles. The molecule has 53 heavy (non-hydrogen) atoms. The van der Waals surface area contributed by atoms with E-state index in [0.29, 0.717) is 0 Å². The Morgan fingerprint density at radius 2 is 0.623 bits per heavy atom. The van der Waals surface area contributed by atoms with Crippen molar-refractivity contribution in [3.05, 3.63) is 142 Å². The van der Waals surface area contributed by atoms with E-state index in [1.165, 1.54) is 76.3 Å². The molecule has 0 spiro atoms. The molecule has 0 bridgehead atoms. The first kappa shape index (κ1) is 36.8. The van der Waals surface area contributed by atoms with Gasteiger partial charge in [-0.2, -0.15) is 0 Å². The van der Waals surface area contributed by atoms with E-state index >= 15 is 0 Å². The number of rotatable bonds is 7. The monoisotopic (exact) mass is 733 g/mol. The number of hydrogen-bond acceptors (Lipinski definition) is 4. The van der Waals surface area contributed by atoms with Crippen molar-refractivity contribution in [1.29, 1.82) is 0 Å². The van der Waals surface area contributed by atoms with Crippen LogP contribution in [-0.2, 0) is 0 Å². The van der Waals surface area contributed by atoms with Gasteiger partial charge in [-0.15, -0.1) is 0 Å². The molecule has 4 nitrogen and oxygen atoms in total. The molecule has 0 unspecified atom stereocenters. The molecule has 0 amide bonds. The number of fused-ring (bicyclic) bond motifs is 2. The summed E-state index contributed by atoms with van der Waals surface area (Å²) in [4.78, 5) is 0. The third kappa shape index (κ3) is 7.10. The van der Waals surface area contributed by atoms with Gasteiger partial charge >= 0.3 is 0 Å². The Morgan fingerprint density at radius 3 is 0.887 bits per heavy atom. The molecule has 2 aliphatic rings. The van der Waals surface area contributed by atoms with Crippen molar-refractivity contribution in [2.75, 3.05) is 13.6 Å². The predicted octanol–water partition coefficient (Wildman–Crippen LogP) is 8.41. The third-order valence-electron chi connectivity index (χ3n) is 9.62. The van der Waals surface area contributed by atoms with E-state index in [1.807, 2.05) is 0 Å². The SMILES string of the molecule is Cc1cc(C)cc(P(c2cc(C)cc(C)c2)c2ccc3c(c2-c2c(P(c4cc(C)cc(C)c4)c4cc(C)cc(C)c4)ccc4c2OCO4)OCO3)c1.[B]. The zero-order chi connectivity index (χ0) is 36.3. The quantitative estimate of drug-likeness (QED) is 0.122. The zero-order valence-corrected chi connectivity index (χ0v) is 33.5. The first-order valence-electron chi connectivity index (χ1n) is 17.8. The molecule has 2 heterocycles. The van der Waals surface area contributed by atoms with Crippen molar-refractivity contribution < 1.29 is 18.9 Å². The minimum absolute atomic E-state index is 0. The minimum atomic E-state index is -1.05. The molecule has 0 saturated heterocycles. The zero-order valence-electron chi connectivity index (χ0n) is 31.8. The van der Waals surface area contributed by atoms with Gasteiger partial charge in [-0.1, -0.05) is 117 Å². The molecule has 0 aromatic heterocycles. The van der Waals surface area contributed by atoms with Crippen LogP contribution in [0.2, 0.25) is 0 Å². The highest BCUT2D eigenvalue weighted by Crippen LogP contribution is 2.53. The van der Waals surface area contributed by atoms with Crippen LogP contribution in [0.1, 0.15) is 44.5 Å². The Morgan fingerprint density at radius 1 is 0.358 bits per heavy atom. The number of ether oxygens (including phenoxy) is 4. The van der Waals surface area contributed by atoms with Gasteiger partial charge in [0.25, 0.3) is 0 Å². The summed E-state index contributed by atoms with van der Waals surface area (Å²) in [7, 11) is -2.11. The minimum Gasteiger partial charge on any atom is -0.454 e. The summed E-state index contributed by atoms with van der Waals surface area (Å²) in [6.07, 6.45) is 0. The fourth-order valence-electron chi connectivity index (χ4n) is 7.95. The first-order valence-corrected chi connectivity index (χ1v) is 20.5. The maximum absolute atomic E-state index is 6.52. The first-order chi connectivity index (χ1) is 25.0. The van der Waals surface area contributed by atoms with Crippen molar-refractivity contribution in [2.45, 2.75) is 55.4 Å². The van der Waals surface area contributed by atoms with Crippen molar-refractivity contribution >= 4 is 56.1 Å². The van der Waals surface area contributed by atoms with Crippen molar-refractivity contribution in [1.82, 2.24) is 0 Å². The highest BCUT2D eigenvalue weighted by atomic mass is 31.1. The molecule has 2 aliphatic heterocycles. The largest absolute Gasteiger partial charge is 0.454 e. The van der Waals surface area contributed by atoms with E-state index < -0.39 is 15.8 Å². The Hall–Kier alpha value is -4.56. The number of hydrogen-bond donors (Lipinski definition) is 0. The topological polar surface area (TPSA) is 36.9 Å². The van der Waals surface area contributed by atoms with Gasteiger partial charge < -0.3 is 18.9 Å². The normalized spacial score (nSPS) is 12.8. The van der Waals surface area contributed by atoms with Gasteiger partial charge in [-0.3, -0.25) is 0 Å². The summed E-state index contributed by atoms with van der Waals surface area (Å²) < 4.78 is 25.4. The highest BCUT2D eigenvalue weighted by molar-refractivity contribution is 7.80. The Kier molecular flexibility index (Phi) is 10.2. The fraction of sp³-hybridized carbons (Fsp3) is 0.217. The lowest BCUT2D eigenvalue weighted by Crippen LogP contribution is -2.27. The second-order valence-electron chi connectivity index (χ2n) is 14.4. The van der Waals surface area contributed by atoms with Crippen LogP contribution in [0.3, 0.4) is 0 Å². The van der Waals surface area contributed by atoms with E-state index in [9.17, 15) is 0 Å². The predicted molar refractivity (Wildman–Crippen MR) is 225 cm³/mol. The number of aryl methyl sites for hydroxylation is 8. The third-order valence-corrected chi connectivity index (χ3v) is 14.4. The van der Waals surface area contributed by atoms with E-state index in [-0.39, 0.29) is 22.0 Å². The summed E-state index contributed by atoms with van der Waals surface area (Å²) in [6, 6.07) is 36.7. The van der Waals surface area contributed by atoms with Crippen LogP contribution < -0.4 is 50.8 Å². The van der Waals surface area contributed by atoms with Crippen LogP contribution >= 0.6 is 15.8 Å². The Bertz CT molecular complexity index is 2040. The Labute approximate surface area is 318 Å². The summed E-state index contributed by atoms with van der Waals surface area (Å²) in [5.74, 6) is 3.03. The van der Waals surface area contributed by atoms with E-state index in [0.717, 1.165) is 34.1 Å². The van der Waals surface area contributed by atoms with Crippen molar-refractivity contribution in [3.8, 4) is 34.1 Å². The lowest BCUT2D eigenvalue weighted by atomic mass is 10.0. The van der Waals surface area contributed by atoms with Gasteiger partial charge in [0.15, 0.2) is 23.0 Å². The second kappa shape index (κ2) is 14.7. The molecule has 0 atom stereocenters. The molecule has 8 rings (SSSR count). The van der Waals surface area contributed by atoms with Crippen LogP contribution in [0.25, 0.3) is 11.1 Å². The molecule has 0 aliphatic carbocycles. The maximum Gasteiger partial charge on any atom is 0.231 e. The van der Waals surface area contributed by atoms with E-state index in [2.05, 4.69) is 152 Å². The molecule has 3 radical (unpaired) electrons. The van der Waals surface area contributed by atoms with Crippen LogP contribution in [0.5, 0.6) is 23.0 Å². The number of benzene rings is 6. The molecule has 0 fully saturated rings. The highest BCUT2D eigenvalue weighted by Gasteiger charge is 2.36. The van der Waals surface area contributed by atoms with Gasteiger partial charge in [0.1, 0.15) is 0 Å². The lowest BCUT2D eigenvalue weighted by molar-refractivity contribution is 0.173. The fourth-order valence-corrected chi connectivity index (χ4v) is 13.6. The molecular weight excluding hydrogens is 689 g/mol. The summed E-state index contributed by atoms with van der Waals surface area (Å²) in [5.41, 5.74) is 12.1. The average Bonchev–Trinajstić information content (AvgIpc) is 3.74. The van der Waals surface area contributed by atoms with Gasteiger partial charge in [-0.05, 0) is 127 Å². The molecule has 265 valence electrons. The summed E-state index contributed by atoms with van der Waals surface area (Å²) in [5, 5.41) is 7.61. The maximum atomic E-state index is 6.52. The standard InChI is InChI=1S/C46H44O4P2.B/c1-27-13-28(2)18-35(17-27)51(36-19-29(3)14-30(4)20-36)41-11-9-39-45(49-25-47-39)43(41)44-42(12-10-40-46(44)50-26-48-40)52(37-21-31(5)15-32(6)22-37)38-23-33(7)16-34(8)24-38;/h9-24H,25-26H2,1-8H3;. The van der Waals surface area contributed by atoms with Crippen LogP contribution in [-0.4, -0.2) is 22.0 Å². The van der Waals surface area contributed by atoms with E-state index in [4.69, 9.17) is 18.9 Å². The molecule has 0 N–H and O–H groups in total.